The Morgan fingerprint density at radius 3 is 2.91 bits per heavy atom. The van der Waals surface area contributed by atoms with Crippen molar-refractivity contribution in [1.29, 1.82) is 0 Å². The molecule has 1 N–H and O–H groups in total. The quantitative estimate of drug-likeness (QED) is 0.652. The van der Waals surface area contributed by atoms with Gasteiger partial charge in [-0.25, -0.2) is 0 Å². The first kappa shape index (κ1) is 15.3. The van der Waals surface area contributed by atoms with Crippen molar-refractivity contribution in [2.24, 2.45) is 5.92 Å². The van der Waals surface area contributed by atoms with Crippen LogP contribution in [0.4, 0.5) is 5.69 Å². The van der Waals surface area contributed by atoms with Gasteiger partial charge in [0.1, 0.15) is 5.76 Å². The van der Waals surface area contributed by atoms with Gasteiger partial charge in [-0.1, -0.05) is 19.1 Å². The molecule has 1 aliphatic carbocycles. The summed E-state index contributed by atoms with van der Waals surface area (Å²) in [6, 6.07) is 9.90. The number of nitro benzene ring substituents is 1. The van der Waals surface area contributed by atoms with E-state index < -0.39 is 4.92 Å². The second-order valence-corrected chi connectivity index (χ2v) is 5.79. The molecule has 0 saturated heterocycles. The number of nitrogens with one attached hydrogen (secondary N) is 1. The van der Waals surface area contributed by atoms with Gasteiger partial charge in [0.2, 0.25) is 5.91 Å². The lowest BCUT2D eigenvalue weighted by molar-refractivity contribution is -0.384. The normalized spacial score (nSPS) is 20.7. The summed E-state index contributed by atoms with van der Waals surface area (Å²) in [6.07, 6.45) is 3.07. The van der Waals surface area contributed by atoms with Crippen molar-refractivity contribution in [2.75, 3.05) is 0 Å². The molecule has 1 amide bonds. The summed E-state index contributed by atoms with van der Waals surface area (Å²) >= 11 is 0. The molecular weight excluding hydrogens is 296 g/mol. The molecule has 1 fully saturated rings. The number of rotatable bonds is 6. The first-order valence-electron chi connectivity index (χ1n) is 7.68. The molecule has 1 aromatic heterocycles. The summed E-state index contributed by atoms with van der Waals surface area (Å²) in [5.41, 5.74) is 0.792. The molecule has 3 atom stereocenters. The average Bonchev–Trinajstić information content (AvgIpc) is 3.18. The Morgan fingerprint density at radius 1 is 1.43 bits per heavy atom. The first-order chi connectivity index (χ1) is 11.1. The van der Waals surface area contributed by atoms with Gasteiger partial charge in [0, 0.05) is 24.0 Å². The molecule has 0 spiro atoms. The maximum absolute atomic E-state index is 12.4. The van der Waals surface area contributed by atoms with Crippen LogP contribution < -0.4 is 5.32 Å². The molecule has 1 heterocycles. The highest BCUT2D eigenvalue weighted by Crippen LogP contribution is 2.48. The number of nitro groups is 1. The lowest BCUT2D eigenvalue weighted by Crippen LogP contribution is -2.29. The number of benzene rings is 1. The summed E-state index contributed by atoms with van der Waals surface area (Å²) in [4.78, 5) is 22.8. The maximum atomic E-state index is 12.4. The molecule has 23 heavy (non-hydrogen) atoms. The number of furan rings is 1. The summed E-state index contributed by atoms with van der Waals surface area (Å²) in [6.45, 7) is 1.95. The fourth-order valence-electron chi connectivity index (χ4n) is 2.86. The molecule has 0 aliphatic heterocycles. The van der Waals surface area contributed by atoms with Gasteiger partial charge >= 0.3 is 0 Å². The highest BCUT2D eigenvalue weighted by Gasteiger charge is 2.46. The predicted octanol–water partition coefficient (Wildman–Crippen LogP) is 3.56. The number of carbonyl (C=O) groups excluding carboxylic acids is 1. The van der Waals surface area contributed by atoms with Crippen molar-refractivity contribution in [3.63, 3.8) is 0 Å². The van der Waals surface area contributed by atoms with E-state index in [9.17, 15) is 14.9 Å². The molecule has 6 heteroatoms. The van der Waals surface area contributed by atoms with Gasteiger partial charge in [0.05, 0.1) is 17.2 Å². The monoisotopic (exact) mass is 314 g/mol. The van der Waals surface area contributed by atoms with E-state index in [-0.39, 0.29) is 29.5 Å². The summed E-state index contributed by atoms with van der Waals surface area (Å²) in [5, 5.41) is 13.9. The van der Waals surface area contributed by atoms with Gasteiger partial charge in [-0.15, -0.1) is 0 Å². The van der Waals surface area contributed by atoms with Gasteiger partial charge < -0.3 is 9.73 Å². The summed E-state index contributed by atoms with van der Waals surface area (Å²) in [5.74, 6) is 0.889. The van der Waals surface area contributed by atoms with Crippen LogP contribution in [0.3, 0.4) is 0 Å². The van der Waals surface area contributed by atoms with Crippen LogP contribution in [0.25, 0.3) is 0 Å². The number of amides is 1. The van der Waals surface area contributed by atoms with Crippen LogP contribution in [0.1, 0.15) is 43.0 Å². The summed E-state index contributed by atoms with van der Waals surface area (Å²) < 4.78 is 5.34. The number of nitrogens with zero attached hydrogens (tertiary/aromatic N) is 1. The van der Waals surface area contributed by atoms with Gasteiger partial charge in [-0.05, 0) is 30.5 Å². The van der Waals surface area contributed by atoms with Crippen molar-refractivity contribution < 1.29 is 14.1 Å². The number of hydrogen-bond acceptors (Lipinski definition) is 4. The molecule has 6 nitrogen and oxygen atoms in total. The van der Waals surface area contributed by atoms with E-state index in [0.29, 0.717) is 6.42 Å². The molecule has 120 valence electrons. The van der Waals surface area contributed by atoms with Crippen LogP contribution in [0.2, 0.25) is 0 Å². The average molecular weight is 314 g/mol. The molecule has 0 unspecified atom stereocenters. The van der Waals surface area contributed by atoms with Gasteiger partial charge in [-0.2, -0.15) is 0 Å². The van der Waals surface area contributed by atoms with E-state index in [1.807, 2.05) is 19.1 Å². The first-order valence-corrected chi connectivity index (χ1v) is 7.68. The molecule has 1 saturated carbocycles. The Kier molecular flexibility index (Phi) is 4.14. The second-order valence-electron chi connectivity index (χ2n) is 5.79. The van der Waals surface area contributed by atoms with Crippen molar-refractivity contribution in [1.82, 2.24) is 5.32 Å². The largest absolute Gasteiger partial charge is 0.469 e. The van der Waals surface area contributed by atoms with Crippen LogP contribution in [-0.2, 0) is 4.79 Å². The highest BCUT2D eigenvalue weighted by atomic mass is 16.6. The van der Waals surface area contributed by atoms with Crippen LogP contribution in [0.15, 0.2) is 47.1 Å². The van der Waals surface area contributed by atoms with Crippen LogP contribution in [-0.4, -0.2) is 10.8 Å². The van der Waals surface area contributed by atoms with Crippen molar-refractivity contribution >= 4 is 11.6 Å². The Hall–Kier alpha value is -2.63. The van der Waals surface area contributed by atoms with Gasteiger partial charge in [0.25, 0.3) is 5.69 Å². The van der Waals surface area contributed by atoms with Crippen molar-refractivity contribution in [3.05, 3.63) is 64.1 Å². The van der Waals surface area contributed by atoms with E-state index >= 15 is 0 Å². The lowest BCUT2D eigenvalue weighted by atomic mass is 10.0. The Balaban J connectivity index is 1.67. The third-order valence-corrected chi connectivity index (χ3v) is 4.24. The Morgan fingerprint density at radius 2 is 2.26 bits per heavy atom. The molecule has 0 radical (unpaired) electrons. The molecular formula is C17H18N2O4. The lowest BCUT2D eigenvalue weighted by Gasteiger charge is -2.17. The van der Waals surface area contributed by atoms with Crippen molar-refractivity contribution in [3.8, 4) is 0 Å². The molecule has 0 bridgehead atoms. The smallest absolute Gasteiger partial charge is 0.269 e. The Labute approximate surface area is 133 Å². The number of hydrogen-bond donors (Lipinski definition) is 1. The minimum atomic E-state index is -0.425. The molecule has 1 aliphatic rings. The molecule has 2 aromatic rings. The van der Waals surface area contributed by atoms with E-state index in [1.165, 1.54) is 12.1 Å². The number of carbonyl (C=O) groups is 1. The maximum Gasteiger partial charge on any atom is 0.269 e. The van der Waals surface area contributed by atoms with E-state index in [0.717, 1.165) is 17.7 Å². The van der Waals surface area contributed by atoms with E-state index in [2.05, 4.69) is 5.32 Å². The fourth-order valence-corrected chi connectivity index (χ4v) is 2.86. The number of non-ortho nitro benzene ring substituents is 1. The predicted molar refractivity (Wildman–Crippen MR) is 83.8 cm³/mol. The third-order valence-electron chi connectivity index (χ3n) is 4.24. The van der Waals surface area contributed by atoms with Gasteiger partial charge in [0.15, 0.2) is 0 Å². The molecule has 1 aromatic carbocycles. The second kappa shape index (κ2) is 6.24. The van der Waals surface area contributed by atoms with Gasteiger partial charge in [-0.3, -0.25) is 14.9 Å². The standard InChI is InChI=1S/C17H18N2O4/c1-2-15(11-5-3-6-12(9-11)19(21)22)18-17(20)14-10-13(14)16-7-4-8-23-16/h3-9,13-15H,2,10H2,1H3,(H,18,20)/t13-,14-,15-/m0/s1. The SMILES string of the molecule is CC[C@H](NC(=O)[C@H]1C[C@@H]1c1ccco1)c1cccc([N+](=O)[O-])c1. The highest BCUT2D eigenvalue weighted by molar-refractivity contribution is 5.83. The molecule has 3 rings (SSSR count). The Bertz CT molecular complexity index is 711. The van der Waals surface area contributed by atoms with Crippen LogP contribution in [0.5, 0.6) is 0 Å². The fraction of sp³-hybridized carbons (Fsp3) is 0.353. The van der Waals surface area contributed by atoms with Crippen LogP contribution >= 0.6 is 0 Å². The minimum Gasteiger partial charge on any atom is -0.469 e. The third kappa shape index (κ3) is 3.26. The van der Waals surface area contributed by atoms with Crippen molar-refractivity contribution in [2.45, 2.75) is 31.7 Å². The van der Waals surface area contributed by atoms with E-state index in [1.54, 1.807) is 18.4 Å². The van der Waals surface area contributed by atoms with Crippen LogP contribution in [0, 0.1) is 16.0 Å². The zero-order valence-corrected chi connectivity index (χ0v) is 12.8. The van der Waals surface area contributed by atoms with E-state index in [4.69, 9.17) is 4.42 Å². The zero-order chi connectivity index (χ0) is 16.4. The topological polar surface area (TPSA) is 85.4 Å². The summed E-state index contributed by atoms with van der Waals surface area (Å²) in [7, 11) is 0. The zero-order valence-electron chi connectivity index (χ0n) is 12.8. The minimum absolute atomic E-state index is 0.0234.